The van der Waals surface area contributed by atoms with Crippen LogP contribution >= 0.6 is 0 Å². The van der Waals surface area contributed by atoms with Crippen molar-refractivity contribution in [3.8, 4) is 0 Å². The first-order valence-electron chi connectivity index (χ1n) is 12.8. The fourth-order valence-corrected chi connectivity index (χ4v) is 3.95. The predicted octanol–water partition coefficient (Wildman–Crippen LogP) is 8.86. The molecule has 0 fully saturated rings. The van der Waals surface area contributed by atoms with Crippen LogP contribution in [0.4, 0.5) is 0 Å². The molecule has 2 heteroatoms. The zero-order valence-electron chi connectivity index (χ0n) is 19.9. The van der Waals surface area contributed by atoms with Crippen molar-refractivity contribution in [1.29, 1.82) is 0 Å². The van der Waals surface area contributed by atoms with Crippen LogP contribution in [0.15, 0.2) is 0 Å². The average Bonchev–Trinajstić information content (AvgIpc) is 2.66. The second-order valence-electron chi connectivity index (χ2n) is 9.27. The molecule has 0 heterocycles. The molecule has 0 rings (SSSR count). The van der Waals surface area contributed by atoms with Crippen molar-refractivity contribution in [2.24, 2.45) is 11.8 Å². The summed E-state index contributed by atoms with van der Waals surface area (Å²) < 4.78 is 5.44. The van der Waals surface area contributed by atoms with Crippen molar-refractivity contribution in [1.82, 2.24) is 0 Å². The van der Waals surface area contributed by atoms with Gasteiger partial charge in [-0.05, 0) is 31.1 Å². The van der Waals surface area contributed by atoms with Gasteiger partial charge in [-0.25, -0.2) is 0 Å². The number of hydrogen-bond acceptors (Lipinski definition) is 2. The van der Waals surface area contributed by atoms with Gasteiger partial charge in [-0.15, -0.1) is 0 Å². The highest BCUT2D eigenvalue weighted by Crippen LogP contribution is 2.23. The van der Waals surface area contributed by atoms with Crippen molar-refractivity contribution in [3.05, 3.63) is 0 Å². The highest BCUT2D eigenvalue weighted by atomic mass is 16.5. The summed E-state index contributed by atoms with van der Waals surface area (Å²) >= 11 is 0. The molecule has 0 aliphatic heterocycles. The molecule has 0 bridgehead atoms. The third-order valence-electron chi connectivity index (χ3n) is 5.86. The lowest BCUT2D eigenvalue weighted by atomic mass is 9.90. The SMILES string of the molecule is CCCCCC(CCCCC)CCCC(=O)OCCCCCCCCC(C)C. The molecule has 168 valence electrons. The number of unbranched alkanes of at least 4 members (excludes halogenated alkanes) is 9. The molecule has 0 spiro atoms. The molecule has 0 unspecified atom stereocenters. The third-order valence-corrected chi connectivity index (χ3v) is 5.86. The molecule has 0 aromatic carbocycles. The molecule has 0 radical (unpaired) electrons. The topological polar surface area (TPSA) is 26.3 Å². The maximum atomic E-state index is 12.0. The van der Waals surface area contributed by atoms with Gasteiger partial charge >= 0.3 is 5.97 Å². The number of hydrogen-bond donors (Lipinski definition) is 0. The van der Waals surface area contributed by atoms with Gasteiger partial charge in [0.2, 0.25) is 0 Å². The van der Waals surface area contributed by atoms with E-state index in [9.17, 15) is 4.79 Å². The monoisotopic (exact) mass is 396 g/mol. The Morgan fingerprint density at radius 2 is 1.14 bits per heavy atom. The second-order valence-corrected chi connectivity index (χ2v) is 9.27. The lowest BCUT2D eigenvalue weighted by Crippen LogP contribution is -2.08. The van der Waals surface area contributed by atoms with Crippen LogP contribution in [-0.2, 0) is 9.53 Å². The van der Waals surface area contributed by atoms with E-state index >= 15 is 0 Å². The van der Waals surface area contributed by atoms with Gasteiger partial charge in [-0.3, -0.25) is 4.79 Å². The summed E-state index contributed by atoms with van der Waals surface area (Å²) in [5, 5.41) is 0. The van der Waals surface area contributed by atoms with Gasteiger partial charge in [0.1, 0.15) is 0 Å². The lowest BCUT2D eigenvalue weighted by molar-refractivity contribution is -0.143. The molecular formula is C26H52O2. The average molecular weight is 397 g/mol. The first kappa shape index (κ1) is 27.5. The molecular weight excluding hydrogens is 344 g/mol. The van der Waals surface area contributed by atoms with E-state index in [0.717, 1.165) is 24.7 Å². The van der Waals surface area contributed by atoms with Crippen LogP contribution < -0.4 is 0 Å². The Hall–Kier alpha value is -0.530. The summed E-state index contributed by atoms with van der Waals surface area (Å²) in [6.45, 7) is 9.77. The summed E-state index contributed by atoms with van der Waals surface area (Å²) in [7, 11) is 0. The Labute approximate surface area is 177 Å². The van der Waals surface area contributed by atoms with E-state index in [1.807, 2.05) is 0 Å². The molecule has 0 atom stereocenters. The van der Waals surface area contributed by atoms with Crippen LogP contribution in [0.2, 0.25) is 0 Å². The number of carbonyl (C=O) groups is 1. The highest BCUT2D eigenvalue weighted by Gasteiger charge is 2.10. The molecule has 0 saturated heterocycles. The molecule has 0 N–H and O–H groups in total. The van der Waals surface area contributed by atoms with E-state index in [1.165, 1.54) is 96.3 Å². The molecule has 0 aliphatic rings. The van der Waals surface area contributed by atoms with Crippen LogP contribution in [0.5, 0.6) is 0 Å². The highest BCUT2D eigenvalue weighted by molar-refractivity contribution is 5.69. The maximum Gasteiger partial charge on any atom is 0.305 e. The predicted molar refractivity (Wildman–Crippen MR) is 124 cm³/mol. The van der Waals surface area contributed by atoms with Gasteiger partial charge in [0.05, 0.1) is 6.61 Å². The summed E-state index contributed by atoms with van der Waals surface area (Å²) in [6, 6.07) is 0. The van der Waals surface area contributed by atoms with Crippen molar-refractivity contribution in [3.63, 3.8) is 0 Å². The van der Waals surface area contributed by atoms with Crippen molar-refractivity contribution in [2.75, 3.05) is 6.61 Å². The molecule has 0 aliphatic carbocycles. The Bertz CT molecular complexity index is 314. The van der Waals surface area contributed by atoms with E-state index in [-0.39, 0.29) is 5.97 Å². The number of ether oxygens (including phenoxy) is 1. The molecule has 2 nitrogen and oxygen atoms in total. The summed E-state index contributed by atoms with van der Waals surface area (Å²) in [5.41, 5.74) is 0. The van der Waals surface area contributed by atoms with Crippen LogP contribution in [-0.4, -0.2) is 12.6 Å². The largest absolute Gasteiger partial charge is 0.466 e. The van der Waals surface area contributed by atoms with Crippen LogP contribution in [0, 0.1) is 11.8 Å². The van der Waals surface area contributed by atoms with E-state index < -0.39 is 0 Å². The van der Waals surface area contributed by atoms with Crippen LogP contribution in [0.25, 0.3) is 0 Å². The van der Waals surface area contributed by atoms with Gasteiger partial charge in [0.25, 0.3) is 0 Å². The second kappa shape index (κ2) is 21.2. The van der Waals surface area contributed by atoms with E-state index in [4.69, 9.17) is 4.74 Å². The molecule has 0 aromatic rings. The van der Waals surface area contributed by atoms with Gasteiger partial charge in [-0.2, -0.15) is 0 Å². The number of esters is 1. The van der Waals surface area contributed by atoms with E-state index in [1.54, 1.807) is 0 Å². The number of carbonyl (C=O) groups excluding carboxylic acids is 1. The van der Waals surface area contributed by atoms with Crippen LogP contribution in [0.3, 0.4) is 0 Å². The standard InChI is InChI=1S/C26H52O2/c1-5-7-13-19-25(20-14-8-6-2)21-17-22-26(27)28-23-16-12-10-9-11-15-18-24(3)4/h24-25H,5-23H2,1-4H3. The normalized spacial score (nSPS) is 11.5. The minimum atomic E-state index is 0.0257. The first-order valence-corrected chi connectivity index (χ1v) is 12.8. The minimum Gasteiger partial charge on any atom is -0.466 e. The fourth-order valence-electron chi connectivity index (χ4n) is 3.95. The summed E-state index contributed by atoms with van der Waals surface area (Å²) in [6.07, 6.45) is 22.5. The molecule has 0 aromatic heterocycles. The van der Waals surface area contributed by atoms with Gasteiger partial charge in [-0.1, -0.05) is 118 Å². The Balaban J connectivity index is 3.62. The van der Waals surface area contributed by atoms with Crippen molar-refractivity contribution >= 4 is 5.97 Å². The molecule has 28 heavy (non-hydrogen) atoms. The maximum absolute atomic E-state index is 12.0. The van der Waals surface area contributed by atoms with Crippen molar-refractivity contribution < 1.29 is 9.53 Å². The van der Waals surface area contributed by atoms with Crippen molar-refractivity contribution in [2.45, 2.75) is 143 Å². The Morgan fingerprint density at radius 1 is 0.643 bits per heavy atom. The first-order chi connectivity index (χ1) is 13.6. The summed E-state index contributed by atoms with van der Waals surface area (Å²) in [5.74, 6) is 1.68. The van der Waals surface area contributed by atoms with Gasteiger partial charge < -0.3 is 4.74 Å². The Morgan fingerprint density at radius 3 is 1.71 bits per heavy atom. The quantitative estimate of drug-likeness (QED) is 0.143. The zero-order valence-corrected chi connectivity index (χ0v) is 19.9. The molecule has 0 saturated carbocycles. The fraction of sp³-hybridized carbons (Fsp3) is 0.962. The van der Waals surface area contributed by atoms with E-state index in [0.29, 0.717) is 13.0 Å². The minimum absolute atomic E-state index is 0.0257. The zero-order chi connectivity index (χ0) is 20.9. The van der Waals surface area contributed by atoms with Crippen LogP contribution in [0.1, 0.15) is 143 Å². The lowest BCUT2D eigenvalue weighted by Gasteiger charge is -2.16. The number of rotatable bonds is 21. The Kier molecular flexibility index (Phi) is 20.8. The molecule has 0 amide bonds. The smallest absolute Gasteiger partial charge is 0.305 e. The van der Waals surface area contributed by atoms with Gasteiger partial charge in [0.15, 0.2) is 0 Å². The van der Waals surface area contributed by atoms with E-state index in [2.05, 4.69) is 27.7 Å². The van der Waals surface area contributed by atoms with Gasteiger partial charge in [0, 0.05) is 6.42 Å². The third kappa shape index (κ3) is 20.2. The summed E-state index contributed by atoms with van der Waals surface area (Å²) in [4.78, 5) is 12.0.